The minimum absolute atomic E-state index is 0. The Bertz CT molecular complexity index is 1050. The zero-order valence-corrected chi connectivity index (χ0v) is 16.3. The van der Waals surface area contributed by atoms with Crippen molar-refractivity contribution in [3.8, 4) is 23.0 Å². The normalized spacial score (nSPS) is 11.6. The molecular weight excluding hydrogens is 428 g/mol. The highest BCUT2D eigenvalue weighted by molar-refractivity contribution is 6.30. The molecule has 1 atom stereocenters. The number of carbonyl (C=O) groups is 1. The molecule has 2 aromatic heterocycles. The van der Waals surface area contributed by atoms with Crippen LogP contribution in [0.2, 0.25) is 5.02 Å². The number of carboxylic acids is 1. The monoisotopic (exact) mass is 443 g/mol. The summed E-state index contributed by atoms with van der Waals surface area (Å²) in [6, 6.07) is 6.68. The van der Waals surface area contributed by atoms with Gasteiger partial charge in [-0.1, -0.05) is 11.6 Å². The van der Waals surface area contributed by atoms with Crippen LogP contribution < -0.4 is 16.2 Å². The Morgan fingerprint density at radius 1 is 1.38 bits per heavy atom. The fraction of sp³-hybridized carbons (Fsp3) is 0.176. The minimum atomic E-state index is -1.06. The number of nitrogens with two attached hydrogens (primary N) is 1. The highest BCUT2D eigenvalue weighted by Gasteiger charge is 2.14. The van der Waals surface area contributed by atoms with Gasteiger partial charge in [0.05, 0.1) is 18.0 Å². The Morgan fingerprint density at radius 3 is 2.69 bits per heavy atom. The summed E-state index contributed by atoms with van der Waals surface area (Å²) in [5, 5.41) is 13.0. The molecule has 0 saturated heterocycles. The van der Waals surface area contributed by atoms with Crippen LogP contribution >= 0.6 is 24.0 Å². The summed E-state index contributed by atoms with van der Waals surface area (Å²) in [4.78, 5) is 29.0. The molecular formula is C17H16Cl2FN5O4. The molecule has 0 aliphatic rings. The lowest BCUT2D eigenvalue weighted by Gasteiger charge is -2.07. The Balaban J connectivity index is 0.00000300. The summed E-state index contributed by atoms with van der Waals surface area (Å²) in [6.45, 7) is -0.0374. The number of hydrogen-bond donors (Lipinski definition) is 3. The average Bonchev–Trinajstić information content (AvgIpc) is 2.98. The van der Waals surface area contributed by atoms with Crippen LogP contribution in [-0.4, -0.2) is 36.9 Å². The van der Waals surface area contributed by atoms with Crippen molar-refractivity contribution >= 4 is 30.0 Å². The highest BCUT2D eigenvalue weighted by atomic mass is 35.5. The first kappa shape index (κ1) is 22.3. The number of ether oxygens (including phenoxy) is 1. The zero-order valence-electron chi connectivity index (χ0n) is 14.7. The molecule has 3 rings (SSSR count). The Labute approximate surface area is 174 Å². The lowest BCUT2D eigenvalue weighted by atomic mass is 10.2. The molecule has 0 saturated carbocycles. The predicted molar refractivity (Wildman–Crippen MR) is 105 cm³/mol. The number of aromatic nitrogens is 4. The van der Waals surface area contributed by atoms with Gasteiger partial charge in [0.25, 0.3) is 5.88 Å². The van der Waals surface area contributed by atoms with E-state index in [9.17, 15) is 14.0 Å². The van der Waals surface area contributed by atoms with Gasteiger partial charge in [-0.15, -0.1) is 17.5 Å². The van der Waals surface area contributed by atoms with Crippen LogP contribution in [0.1, 0.15) is 6.42 Å². The number of hydrogen-bond acceptors (Lipinski definition) is 6. The number of nitrogens with one attached hydrogen (secondary N) is 1. The SMILES string of the molecule is Cl.NC(CC(=O)O)Cn1nc(-c2ccc(Oc3ncc(Cl)cc3F)cc2)[nH]c1=O. The first-order chi connectivity index (χ1) is 13.3. The maximum Gasteiger partial charge on any atom is 0.343 e. The summed E-state index contributed by atoms with van der Waals surface area (Å²) < 4.78 is 20.2. The summed E-state index contributed by atoms with van der Waals surface area (Å²) in [6.07, 6.45) is 0.983. The highest BCUT2D eigenvalue weighted by Crippen LogP contribution is 2.25. The van der Waals surface area contributed by atoms with E-state index in [4.69, 9.17) is 27.2 Å². The van der Waals surface area contributed by atoms with Crippen LogP contribution in [0.25, 0.3) is 11.4 Å². The topological polar surface area (TPSA) is 136 Å². The fourth-order valence-electron chi connectivity index (χ4n) is 2.39. The van der Waals surface area contributed by atoms with Crippen molar-refractivity contribution < 1.29 is 19.0 Å². The van der Waals surface area contributed by atoms with E-state index >= 15 is 0 Å². The van der Waals surface area contributed by atoms with Gasteiger partial charge in [0.1, 0.15) is 5.75 Å². The molecule has 0 aliphatic heterocycles. The van der Waals surface area contributed by atoms with Crippen LogP contribution in [-0.2, 0) is 11.3 Å². The van der Waals surface area contributed by atoms with Gasteiger partial charge < -0.3 is 15.6 Å². The van der Waals surface area contributed by atoms with E-state index in [1.54, 1.807) is 24.3 Å². The summed E-state index contributed by atoms with van der Waals surface area (Å²) in [5.41, 5.74) is 5.74. The molecule has 0 bridgehead atoms. The number of aliphatic carboxylic acids is 1. The van der Waals surface area contributed by atoms with Crippen molar-refractivity contribution in [1.29, 1.82) is 0 Å². The number of benzene rings is 1. The molecule has 3 aromatic rings. The minimum Gasteiger partial charge on any atom is -0.481 e. The Kier molecular flexibility index (Phi) is 7.32. The van der Waals surface area contributed by atoms with Crippen molar-refractivity contribution in [1.82, 2.24) is 19.7 Å². The smallest absolute Gasteiger partial charge is 0.343 e. The number of rotatable bonds is 7. The van der Waals surface area contributed by atoms with E-state index in [0.717, 1.165) is 10.7 Å². The average molecular weight is 444 g/mol. The van der Waals surface area contributed by atoms with Crippen LogP contribution in [0, 0.1) is 5.82 Å². The predicted octanol–water partition coefficient (Wildman–Crippen LogP) is 2.44. The third-order valence-corrected chi connectivity index (χ3v) is 3.85. The van der Waals surface area contributed by atoms with Gasteiger partial charge in [0.15, 0.2) is 11.6 Å². The molecule has 2 heterocycles. The third kappa shape index (κ3) is 5.76. The third-order valence-electron chi connectivity index (χ3n) is 3.64. The van der Waals surface area contributed by atoms with Crippen LogP contribution in [0.3, 0.4) is 0 Å². The number of carboxylic acid groups (broad SMARTS) is 1. The van der Waals surface area contributed by atoms with Crippen molar-refractivity contribution in [2.24, 2.45) is 5.73 Å². The molecule has 0 amide bonds. The Morgan fingerprint density at radius 2 is 2.07 bits per heavy atom. The van der Waals surface area contributed by atoms with Crippen LogP contribution in [0.15, 0.2) is 41.3 Å². The number of H-pyrrole nitrogens is 1. The van der Waals surface area contributed by atoms with Gasteiger partial charge >= 0.3 is 11.7 Å². The van der Waals surface area contributed by atoms with Crippen molar-refractivity contribution in [2.45, 2.75) is 19.0 Å². The second kappa shape index (κ2) is 9.50. The van der Waals surface area contributed by atoms with Crippen molar-refractivity contribution in [2.75, 3.05) is 0 Å². The van der Waals surface area contributed by atoms with Crippen LogP contribution in [0.4, 0.5) is 4.39 Å². The molecule has 9 nitrogen and oxygen atoms in total. The molecule has 4 N–H and O–H groups in total. The van der Waals surface area contributed by atoms with Gasteiger partial charge in [-0.05, 0) is 30.3 Å². The van der Waals surface area contributed by atoms with E-state index in [-0.39, 0.29) is 42.1 Å². The zero-order chi connectivity index (χ0) is 20.3. The van der Waals surface area contributed by atoms with E-state index in [1.807, 2.05) is 0 Å². The molecule has 1 unspecified atom stereocenters. The molecule has 154 valence electrons. The van der Waals surface area contributed by atoms with Gasteiger partial charge in [-0.2, -0.15) is 0 Å². The van der Waals surface area contributed by atoms with Crippen molar-refractivity contribution in [3.63, 3.8) is 0 Å². The van der Waals surface area contributed by atoms with E-state index < -0.39 is 23.5 Å². The lowest BCUT2D eigenvalue weighted by Crippen LogP contribution is -2.33. The molecule has 29 heavy (non-hydrogen) atoms. The summed E-state index contributed by atoms with van der Waals surface area (Å²) >= 11 is 5.65. The summed E-state index contributed by atoms with van der Waals surface area (Å²) in [7, 11) is 0. The van der Waals surface area contributed by atoms with Gasteiger partial charge in [0, 0.05) is 17.8 Å². The van der Waals surface area contributed by atoms with Crippen molar-refractivity contribution in [3.05, 3.63) is 57.9 Å². The quantitative estimate of drug-likeness (QED) is 0.509. The molecule has 0 spiro atoms. The van der Waals surface area contributed by atoms with E-state index in [2.05, 4.69) is 15.1 Å². The first-order valence-electron chi connectivity index (χ1n) is 8.05. The largest absolute Gasteiger partial charge is 0.481 e. The van der Waals surface area contributed by atoms with Gasteiger partial charge in [-0.3, -0.25) is 9.78 Å². The molecule has 1 aromatic carbocycles. The number of aromatic amines is 1. The fourth-order valence-corrected chi connectivity index (χ4v) is 2.54. The number of pyridine rings is 1. The Hall–Kier alpha value is -2.95. The molecule has 0 fully saturated rings. The number of nitrogens with zero attached hydrogens (tertiary/aromatic N) is 3. The van der Waals surface area contributed by atoms with Crippen LogP contribution in [0.5, 0.6) is 11.6 Å². The standard InChI is InChI=1S/C17H15ClFN5O4.ClH/c18-10-5-13(19)16(21-7-10)28-12-3-1-9(2-4-12)15-22-17(27)24(23-15)8-11(20)6-14(25)26;/h1-5,7,11H,6,8,20H2,(H,25,26)(H,22,23,27);1H. The molecule has 0 aliphatic carbocycles. The molecule has 12 heteroatoms. The second-order valence-electron chi connectivity index (χ2n) is 5.89. The first-order valence-corrected chi connectivity index (χ1v) is 8.43. The van der Waals surface area contributed by atoms with Gasteiger partial charge in [-0.25, -0.2) is 18.9 Å². The number of halogens is 3. The molecule has 0 radical (unpaired) electrons. The lowest BCUT2D eigenvalue weighted by molar-refractivity contribution is -0.137. The maximum atomic E-state index is 13.7. The van der Waals surface area contributed by atoms with E-state index in [0.29, 0.717) is 11.3 Å². The summed E-state index contributed by atoms with van der Waals surface area (Å²) in [5.74, 6) is -1.38. The maximum absolute atomic E-state index is 13.7. The second-order valence-corrected chi connectivity index (χ2v) is 6.32. The van der Waals surface area contributed by atoms with E-state index in [1.165, 1.54) is 6.20 Å². The van der Waals surface area contributed by atoms with Gasteiger partial charge in [0.2, 0.25) is 0 Å².